The van der Waals surface area contributed by atoms with Crippen LogP contribution in [0.1, 0.15) is 44.1 Å². The van der Waals surface area contributed by atoms with E-state index in [1.165, 1.54) is 44.1 Å². The Morgan fingerprint density at radius 3 is 2.59 bits per heavy atom. The molecule has 0 radical (unpaired) electrons. The predicted molar refractivity (Wildman–Crippen MR) is 123 cm³/mol. The number of hydrogen-bond acceptors (Lipinski definition) is 3. The zero-order valence-corrected chi connectivity index (χ0v) is 19.1. The third-order valence-electron chi connectivity index (χ3n) is 5.52. The normalized spacial score (nSPS) is 17.7. The summed E-state index contributed by atoms with van der Waals surface area (Å²) in [7, 11) is 4.06. The van der Waals surface area contributed by atoms with Crippen LogP contribution < -0.4 is 15.4 Å². The van der Waals surface area contributed by atoms with Crippen molar-refractivity contribution in [3.05, 3.63) is 29.8 Å². The lowest BCUT2D eigenvalue weighted by Gasteiger charge is -2.24. The van der Waals surface area contributed by atoms with Gasteiger partial charge in [0.15, 0.2) is 5.96 Å². The van der Waals surface area contributed by atoms with Gasteiger partial charge in [0, 0.05) is 38.3 Å². The summed E-state index contributed by atoms with van der Waals surface area (Å²) in [6, 6.07) is 9.05. The van der Waals surface area contributed by atoms with E-state index in [1.807, 2.05) is 13.1 Å². The lowest BCUT2D eigenvalue weighted by molar-refractivity contribution is 0.249. The molecule has 0 aromatic heterocycles. The highest BCUT2D eigenvalue weighted by Gasteiger charge is 2.22. The molecular formula is C21H35IN4O. The van der Waals surface area contributed by atoms with Crippen molar-refractivity contribution >= 4 is 29.9 Å². The first-order chi connectivity index (χ1) is 12.8. The second kappa shape index (κ2) is 11.7. The molecule has 2 aliphatic carbocycles. The van der Waals surface area contributed by atoms with Crippen LogP contribution in [0.3, 0.4) is 0 Å². The molecule has 2 fully saturated rings. The Hall–Kier alpha value is -1.02. The quantitative estimate of drug-likeness (QED) is 0.318. The third-order valence-corrected chi connectivity index (χ3v) is 5.52. The molecule has 0 saturated heterocycles. The minimum Gasteiger partial charge on any atom is -0.493 e. The van der Waals surface area contributed by atoms with Gasteiger partial charge in [0.1, 0.15) is 5.75 Å². The van der Waals surface area contributed by atoms with Crippen LogP contribution in [-0.2, 0) is 6.54 Å². The van der Waals surface area contributed by atoms with E-state index in [9.17, 15) is 0 Å². The fourth-order valence-corrected chi connectivity index (χ4v) is 3.56. The molecule has 2 N–H and O–H groups in total. The fourth-order valence-electron chi connectivity index (χ4n) is 3.56. The molecule has 3 rings (SSSR count). The molecule has 5 nitrogen and oxygen atoms in total. The molecular weight excluding hydrogens is 451 g/mol. The Morgan fingerprint density at radius 1 is 1.15 bits per heavy atom. The zero-order valence-electron chi connectivity index (χ0n) is 16.7. The van der Waals surface area contributed by atoms with Crippen LogP contribution in [-0.4, -0.2) is 50.7 Å². The van der Waals surface area contributed by atoms with E-state index in [-0.39, 0.29) is 24.0 Å². The Labute approximate surface area is 181 Å². The van der Waals surface area contributed by atoms with Crippen LogP contribution >= 0.6 is 24.0 Å². The predicted octanol–water partition coefficient (Wildman–Crippen LogP) is 3.63. The number of para-hydroxylation sites is 1. The molecule has 152 valence electrons. The average molecular weight is 486 g/mol. The molecule has 0 aliphatic heterocycles. The minimum absolute atomic E-state index is 0. The maximum Gasteiger partial charge on any atom is 0.191 e. The van der Waals surface area contributed by atoms with Crippen molar-refractivity contribution in [3.8, 4) is 5.75 Å². The Morgan fingerprint density at radius 2 is 1.89 bits per heavy atom. The van der Waals surface area contributed by atoms with Gasteiger partial charge >= 0.3 is 0 Å². The zero-order chi connectivity index (χ0) is 18.2. The number of halogens is 1. The molecule has 6 heteroatoms. The van der Waals surface area contributed by atoms with Crippen LogP contribution in [0.4, 0.5) is 0 Å². The highest BCUT2D eigenvalue weighted by atomic mass is 127. The fraction of sp³-hybridized carbons (Fsp3) is 0.667. The molecule has 0 bridgehead atoms. The van der Waals surface area contributed by atoms with Crippen molar-refractivity contribution in [2.45, 2.75) is 51.1 Å². The van der Waals surface area contributed by atoms with Gasteiger partial charge in [0.05, 0.1) is 6.61 Å². The number of aliphatic imine (C=N–C) groups is 1. The Balaban J connectivity index is 0.00000261. The van der Waals surface area contributed by atoms with Gasteiger partial charge in [-0.25, -0.2) is 0 Å². The van der Waals surface area contributed by atoms with Crippen LogP contribution in [0.2, 0.25) is 0 Å². The van der Waals surface area contributed by atoms with Crippen LogP contribution in [0, 0.1) is 5.92 Å². The first-order valence-corrected chi connectivity index (χ1v) is 10.1. The average Bonchev–Trinajstić information content (AvgIpc) is 3.33. The van der Waals surface area contributed by atoms with E-state index in [0.29, 0.717) is 0 Å². The largest absolute Gasteiger partial charge is 0.493 e. The van der Waals surface area contributed by atoms with Gasteiger partial charge in [-0.05, 0) is 44.7 Å². The van der Waals surface area contributed by atoms with E-state index < -0.39 is 0 Å². The maximum atomic E-state index is 5.99. The number of rotatable bonds is 9. The number of nitrogens with one attached hydrogen (secondary N) is 2. The van der Waals surface area contributed by atoms with E-state index in [1.54, 1.807) is 0 Å². The summed E-state index contributed by atoms with van der Waals surface area (Å²) in [4.78, 5) is 6.83. The van der Waals surface area contributed by atoms with Gasteiger partial charge in [-0.1, -0.05) is 31.0 Å². The summed E-state index contributed by atoms with van der Waals surface area (Å²) in [5, 5.41) is 6.84. The summed E-state index contributed by atoms with van der Waals surface area (Å²) in [6.07, 6.45) is 8.09. The monoisotopic (exact) mass is 486 g/mol. The Bertz CT molecular complexity index is 585. The summed E-state index contributed by atoms with van der Waals surface area (Å²) >= 11 is 0. The van der Waals surface area contributed by atoms with Crippen molar-refractivity contribution in [1.82, 2.24) is 15.5 Å². The van der Waals surface area contributed by atoms with Crippen molar-refractivity contribution < 1.29 is 4.74 Å². The number of benzene rings is 1. The molecule has 0 atom stereocenters. The standard InChI is InChI=1S/C21H34N4O.HI/c1-22-21(23-13-14-25(2)19-8-4-5-9-19)24-15-18-7-3-6-10-20(18)26-16-17-11-12-17;/h3,6-7,10,17,19H,4-5,8-9,11-16H2,1-2H3,(H2,22,23,24);1H. The molecule has 0 heterocycles. The molecule has 2 saturated carbocycles. The number of ether oxygens (including phenoxy) is 1. The van der Waals surface area contributed by atoms with Crippen molar-refractivity contribution in [3.63, 3.8) is 0 Å². The highest BCUT2D eigenvalue weighted by Crippen LogP contribution is 2.30. The summed E-state index contributed by atoms with van der Waals surface area (Å²) in [5.41, 5.74) is 1.18. The SMILES string of the molecule is CN=C(NCCN(C)C1CCCC1)NCc1ccccc1OCC1CC1.I. The van der Waals surface area contributed by atoms with Crippen molar-refractivity contribution in [2.24, 2.45) is 10.9 Å². The van der Waals surface area contributed by atoms with Gasteiger partial charge < -0.3 is 20.3 Å². The smallest absolute Gasteiger partial charge is 0.191 e. The summed E-state index contributed by atoms with van der Waals surface area (Å²) in [6.45, 7) is 3.52. The molecule has 0 amide bonds. The van der Waals surface area contributed by atoms with Gasteiger partial charge in [-0.2, -0.15) is 0 Å². The second-order valence-electron chi connectivity index (χ2n) is 7.63. The van der Waals surface area contributed by atoms with E-state index in [4.69, 9.17) is 4.74 Å². The Kier molecular flexibility index (Phi) is 9.68. The van der Waals surface area contributed by atoms with Crippen LogP contribution in [0.25, 0.3) is 0 Å². The molecule has 2 aliphatic rings. The van der Waals surface area contributed by atoms with Gasteiger partial charge in [0.2, 0.25) is 0 Å². The summed E-state index contributed by atoms with van der Waals surface area (Å²) in [5.74, 6) is 2.60. The van der Waals surface area contributed by atoms with E-state index in [0.717, 1.165) is 49.9 Å². The summed E-state index contributed by atoms with van der Waals surface area (Å²) < 4.78 is 5.99. The van der Waals surface area contributed by atoms with Gasteiger partial charge in [-0.3, -0.25) is 4.99 Å². The van der Waals surface area contributed by atoms with Crippen molar-refractivity contribution in [2.75, 3.05) is 33.8 Å². The number of likely N-dealkylation sites (N-methyl/N-ethyl adjacent to an activating group) is 1. The molecule has 1 aromatic rings. The number of hydrogen-bond donors (Lipinski definition) is 2. The maximum absolute atomic E-state index is 5.99. The topological polar surface area (TPSA) is 48.9 Å². The third kappa shape index (κ3) is 7.49. The molecule has 1 aromatic carbocycles. The minimum atomic E-state index is 0. The second-order valence-corrected chi connectivity index (χ2v) is 7.63. The van der Waals surface area contributed by atoms with E-state index >= 15 is 0 Å². The van der Waals surface area contributed by atoms with Crippen LogP contribution in [0.15, 0.2) is 29.3 Å². The number of nitrogens with zero attached hydrogens (tertiary/aromatic N) is 2. The van der Waals surface area contributed by atoms with E-state index in [2.05, 4.69) is 45.8 Å². The van der Waals surface area contributed by atoms with Crippen molar-refractivity contribution in [1.29, 1.82) is 0 Å². The first-order valence-electron chi connectivity index (χ1n) is 10.1. The van der Waals surface area contributed by atoms with Gasteiger partial charge in [-0.15, -0.1) is 24.0 Å². The lowest BCUT2D eigenvalue weighted by atomic mass is 10.2. The molecule has 0 spiro atoms. The molecule has 27 heavy (non-hydrogen) atoms. The van der Waals surface area contributed by atoms with Gasteiger partial charge in [0.25, 0.3) is 0 Å². The lowest BCUT2D eigenvalue weighted by Crippen LogP contribution is -2.42. The highest BCUT2D eigenvalue weighted by molar-refractivity contribution is 14.0. The van der Waals surface area contributed by atoms with Crippen LogP contribution in [0.5, 0.6) is 5.75 Å². The molecule has 0 unspecified atom stereocenters. The number of guanidine groups is 1. The first kappa shape index (κ1) is 22.3.